The first-order chi connectivity index (χ1) is 6.65. The molecule has 1 atom stereocenters. The van der Waals surface area contributed by atoms with Gasteiger partial charge in [-0.3, -0.25) is 4.79 Å². The number of Topliss-reactive ketones (excluding diaryl/α,β-unsaturated/α-hetero) is 1. The summed E-state index contributed by atoms with van der Waals surface area (Å²) in [6.07, 6.45) is 0. The first-order valence-electron chi connectivity index (χ1n) is 4.52. The van der Waals surface area contributed by atoms with Gasteiger partial charge >= 0.3 is 0 Å². The van der Waals surface area contributed by atoms with E-state index in [1.165, 1.54) is 0 Å². The maximum atomic E-state index is 11.1. The summed E-state index contributed by atoms with van der Waals surface area (Å²) >= 11 is 3.32. The van der Waals surface area contributed by atoms with Gasteiger partial charge in [0.1, 0.15) is 11.5 Å². The van der Waals surface area contributed by atoms with E-state index in [-0.39, 0.29) is 10.6 Å². The molecule has 0 aliphatic rings. The molecule has 0 saturated carbocycles. The van der Waals surface area contributed by atoms with Crippen LogP contribution in [0.1, 0.15) is 24.2 Å². The quantitative estimate of drug-likeness (QED) is 0.774. The third kappa shape index (κ3) is 2.84. The van der Waals surface area contributed by atoms with E-state index in [9.17, 15) is 4.79 Å². The van der Waals surface area contributed by atoms with Gasteiger partial charge in [0, 0.05) is 0 Å². The Morgan fingerprint density at radius 1 is 1.43 bits per heavy atom. The maximum Gasteiger partial charge on any atom is 0.147 e. The van der Waals surface area contributed by atoms with Crippen molar-refractivity contribution in [2.24, 2.45) is 0 Å². The number of ketones is 1. The molecule has 0 amide bonds. The summed E-state index contributed by atoms with van der Waals surface area (Å²) in [7, 11) is 0. The lowest BCUT2D eigenvalue weighted by atomic mass is 10.1. The van der Waals surface area contributed by atoms with Crippen LogP contribution in [-0.2, 0) is 4.79 Å². The zero-order valence-electron chi connectivity index (χ0n) is 8.29. The van der Waals surface area contributed by atoms with Crippen LogP contribution >= 0.6 is 15.9 Å². The Balaban J connectivity index is 2.77. The molecule has 1 rings (SSSR count). The topological polar surface area (TPSA) is 26.3 Å². The van der Waals surface area contributed by atoms with Gasteiger partial charge in [-0.05, 0) is 31.5 Å². The molecule has 0 aliphatic carbocycles. The Kier molecular flexibility index (Phi) is 4.14. The van der Waals surface area contributed by atoms with Crippen LogP contribution < -0.4 is 4.74 Å². The van der Waals surface area contributed by atoms with E-state index in [0.29, 0.717) is 6.61 Å². The summed E-state index contributed by atoms with van der Waals surface area (Å²) in [4.78, 5) is 10.9. The number of rotatable bonds is 4. The lowest BCUT2D eigenvalue weighted by Crippen LogP contribution is -2.00. The van der Waals surface area contributed by atoms with Crippen molar-refractivity contribution in [1.29, 1.82) is 0 Å². The van der Waals surface area contributed by atoms with Crippen molar-refractivity contribution >= 4 is 21.7 Å². The molecular weight excluding hydrogens is 244 g/mol. The standard InChI is InChI=1S/C11H13BrO2/c1-3-14-10-6-4-9(5-7-10)11(12)8(2)13/h4-7,11H,3H2,1-2H3. The number of alkyl halides is 1. The Bertz CT molecular complexity index is 306. The molecule has 14 heavy (non-hydrogen) atoms. The van der Waals surface area contributed by atoms with Crippen LogP contribution in [0.5, 0.6) is 5.75 Å². The molecule has 0 saturated heterocycles. The van der Waals surface area contributed by atoms with Crippen molar-refractivity contribution in [2.75, 3.05) is 6.61 Å². The molecular formula is C11H13BrO2. The Hall–Kier alpha value is -0.830. The number of benzene rings is 1. The second kappa shape index (κ2) is 5.15. The first kappa shape index (κ1) is 11.2. The summed E-state index contributed by atoms with van der Waals surface area (Å²) in [6, 6.07) is 7.53. The van der Waals surface area contributed by atoms with Crippen LogP contribution in [0.3, 0.4) is 0 Å². The van der Waals surface area contributed by atoms with Crippen molar-refractivity contribution in [3.8, 4) is 5.75 Å². The van der Waals surface area contributed by atoms with Gasteiger partial charge in [0.05, 0.1) is 11.4 Å². The number of hydrogen-bond donors (Lipinski definition) is 0. The van der Waals surface area contributed by atoms with Gasteiger partial charge in [0.25, 0.3) is 0 Å². The number of ether oxygens (including phenoxy) is 1. The summed E-state index contributed by atoms with van der Waals surface area (Å²) in [5.74, 6) is 0.939. The van der Waals surface area contributed by atoms with Gasteiger partial charge in [0.2, 0.25) is 0 Å². The van der Waals surface area contributed by atoms with E-state index >= 15 is 0 Å². The molecule has 0 fully saturated rings. The molecule has 0 bridgehead atoms. The van der Waals surface area contributed by atoms with E-state index in [1.54, 1.807) is 6.92 Å². The monoisotopic (exact) mass is 256 g/mol. The van der Waals surface area contributed by atoms with E-state index < -0.39 is 0 Å². The Labute approximate surface area is 92.4 Å². The second-order valence-corrected chi connectivity index (χ2v) is 3.89. The summed E-state index contributed by atoms with van der Waals surface area (Å²) in [5, 5.41) is 0. The van der Waals surface area contributed by atoms with Gasteiger partial charge in [-0.25, -0.2) is 0 Å². The highest BCUT2D eigenvalue weighted by atomic mass is 79.9. The van der Waals surface area contributed by atoms with E-state index in [0.717, 1.165) is 11.3 Å². The molecule has 0 aliphatic heterocycles. The lowest BCUT2D eigenvalue weighted by Gasteiger charge is -2.07. The van der Waals surface area contributed by atoms with Gasteiger partial charge in [-0.1, -0.05) is 28.1 Å². The van der Waals surface area contributed by atoms with Crippen molar-refractivity contribution < 1.29 is 9.53 Å². The summed E-state index contributed by atoms with van der Waals surface area (Å²) in [6.45, 7) is 4.16. The summed E-state index contributed by atoms with van der Waals surface area (Å²) in [5.41, 5.74) is 0.959. The van der Waals surface area contributed by atoms with Crippen LogP contribution in [0.15, 0.2) is 24.3 Å². The molecule has 2 nitrogen and oxygen atoms in total. The average Bonchev–Trinajstić information content (AvgIpc) is 2.18. The van der Waals surface area contributed by atoms with Crippen molar-refractivity contribution in [3.05, 3.63) is 29.8 Å². The van der Waals surface area contributed by atoms with E-state index in [1.807, 2.05) is 31.2 Å². The normalized spacial score (nSPS) is 12.2. The fourth-order valence-electron chi connectivity index (χ4n) is 1.13. The smallest absolute Gasteiger partial charge is 0.147 e. The second-order valence-electron chi connectivity index (χ2n) is 2.98. The third-order valence-electron chi connectivity index (χ3n) is 1.84. The van der Waals surface area contributed by atoms with E-state index in [2.05, 4.69) is 15.9 Å². The average molecular weight is 257 g/mol. The lowest BCUT2D eigenvalue weighted by molar-refractivity contribution is -0.116. The molecule has 1 unspecified atom stereocenters. The van der Waals surface area contributed by atoms with Crippen molar-refractivity contribution in [1.82, 2.24) is 0 Å². The molecule has 0 N–H and O–H groups in total. The first-order valence-corrected chi connectivity index (χ1v) is 5.44. The zero-order chi connectivity index (χ0) is 10.6. The zero-order valence-corrected chi connectivity index (χ0v) is 9.87. The summed E-state index contributed by atoms with van der Waals surface area (Å²) < 4.78 is 5.30. The van der Waals surface area contributed by atoms with Gasteiger partial charge in [-0.2, -0.15) is 0 Å². The van der Waals surface area contributed by atoms with Crippen LogP contribution in [0.25, 0.3) is 0 Å². The minimum atomic E-state index is -0.210. The minimum absolute atomic E-state index is 0.106. The number of carbonyl (C=O) groups is 1. The Morgan fingerprint density at radius 2 is 2.00 bits per heavy atom. The largest absolute Gasteiger partial charge is 0.494 e. The molecule has 0 heterocycles. The van der Waals surface area contributed by atoms with Gasteiger partial charge in [0.15, 0.2) is 0 Å². The SMILES string of the molecule is CCOc1ccc(C(Br)C(C)=O)cc1. The molecule has 0 spiro atoms. The predicted molar refractivity (Wildman–Crippen MR) is 60.0 cm³/mol. The van der Waals surface area contributed by atoms with Crippen LogP contribution in [0.4, 0.5) is 0 Å². The molecule has 1 aromatic rings. The number of halogens is 1. The van der Waals surface area contributed by atoms with Crippen molar-refractivity contribution in [3.63, 3.8) is 0 Å². The molecule has 1 aromatic carbocycles. The Morgan fingerprint density at radius 3 is 2.43 bits per heavy atom. The van der Waals surface area contributed by atoms with Crippen LogP contribution in [0.2, 0.25) is 0 Å². The number of carbonyl (C=O) groups excluding carboxylic acids is 1. The molecule has 3 heteroatoms. The molecule has 76 valence electrons. The molecule has 0 radical (unpaired) electrons. The van der Waals surface area contributed by atoms with Crippen LogP contribution in [0, 0.1) is 0 Å². The van der Waals surface area contributed by atoms with Crippen molar-refractivity contribution in [2.45, 2.75) is 18.7 Å². The fourth-order valence-corrected chi connectivity index (χ4v) is 1.44. The highest BCUT2D eigenvalue weighted by molar-refractivity contribution is 9.09. The highest BCUT2D eigenvalue weighted by Gasteiger charge is 2.11. The fraction of sp³-hybridized carbons (Fsp3) is 0.364. The van der Waals surface area contributed by atoms with Gasteiger partial charge in [-0.15, -0.1) is 0 Å². The van der Waals surface area contributed by atoms with Gasteiger partial charge < -0.3 is 4.74 Å². The predicted octanol–water partition coefficient (Wildman–Crippen LogP) is 3.11. The minimum Gasteiger partial charge on any atom is -0.494 e. The molecule has 0 aromatic heterocycles. The highest BCUT2D eigenvalue weighted by Crippen LogP contribution is 2.25. The van der Waals surface area contributed by atoms with E-state index in [4.69, 9.17) is 4.74 Å². The van der Waals surface area contributed by atoms with Crippen LogP contribution in [-0.4, -0.2) is 12.4 Å². The number of hydrogen-bond acceptors (Lipinski definition) is 2. The third-order valence-corrected chi connectivity index (χ3v) is 3.01. The maximum absolute atomic E-state index is 11.1.